The van der Waals surface area contributed by atoms with Gasteiger partial charge in [0.2, 0.25) is 0 Å². The Bertz CT molecular complexity index is 347. The maximum Gasteiger partial charge on any atom is 0.355 e. The normalized spacial score (nSPS) is 10.2. The van der Waals surface area contributed by atoms with Crippen LogP contribution in [0.5, 0.6) is 5.88 Å². The number of nitro groups is 1. The van der Waals surface area contributed by atoms with Crippen molar-refractivity contribution in [2.24, 2.45) is 5.90 Å². The topological polar surface area (TPSA) is 96.2 Å². The molecule has 7 heteroatoms. The molecule has 0 aliphatic carbocycles. The van der Waals surface area contributed by atoms with E-state index in [4.69, 9.17) is 5.90 Å². The maximum absolute atomic E-state index is 10.6. The Morgan fingerprint density at radius 2 is 2.36 bits per heavy atom. The number of nitrogens with two attached hydrogens (primary N) is 1. The fourth-order valence-electron chi connectivity index (χ4n) is 1.24. The zero-order valence-electron chi connectivity index (χ0n) is 8.06. The van der Waals surface area contributed by atoms with Crippen molar-refractivity contribution in [3.8, 4) is 5.88 Å². The molecule has 1 rings (SSSR count). The van der Waals surface area contributed by atoms with Crippen molar-refractivity contribution in [1.29, 1.82) is 0 Å². The third kappa shape index (κ3) is 1.67. The SMILES string of the molecule is CCCn1nc(C)c([N+](=O)[O-])c1ON. The molecule has 0 amide bonds. The number of hydrogen-bond acceptors (Lipinski definition) is 5. The summed E-state index contributed by atoms with van der Waals surface area (Å²) < 4.78 is 1.40. The van der Waals surface area contributed by atoms with E-state index in [0.717, 1.165) is 6.42 Å². The second kappa shape index (κ2) is 4.05. The van der Waals surface area contributed by atoms with Crippen molar-refractivity contribution in [2.45, 2.75) is 26.8 Å². The largest absolute Gasteiger partial charge is 0.384 e. The van der Waals surface area contributed by atoms with Crippen molar-refractivity contribution in [1.82, 2.24) is 9.78 Å². The minimum Gasteiger partial charge on any atom is -0.384 e. The number of aryl methyl sites for hydroxylation is 2. The molecule has 0 aromatic carbocycles. The van der Waals surface area contributed by atoms with E-state index >= 15 is 0 Å². The average Bonchev–Trinajstić information content (AvgIpc) is 2.42. The molecule has 2 N–H and O–H groups in total. The summed E-state index contributed by atoms with van der Waals surface area (Å²) in [5.74, 6) is 4.98. The lowest BCUT2D eigenvalue weighted by Gasteiger charge is -2.01. The molecule has 0 unspecified atom stereocenters. The minimum absolute atomic E-state index is 0.00866. The molecule has 0 spiro atoms. The van der Waals surface area contributed by atoms with E-state index in [9.17, 15) is 10.1 Å². The zero-order valence-corrected chi connectivity index (χ0v) is 8.06. The Balaban J connectivity index is 3.21. The first kappa shape index (κ1) is 10.5. The molecule has 1 aromatic rings. The van der Waals surface area contributed by atoms with E-state index in [0.29, 0.717) is 12.2 Å². The molecular formula is C7H12N4O3. The fraction of sp³-hybridized carbons (Fsp3) is 0.571. The van der Waals surface area contributed by atoms with E-state index in [1.54, 1.807) is 6.92 Å². The van der Waals surface area contributed by atoms with Gasteiger partial charge in [0.25, 0.3) is 0 Å². The maximum atomic E-state index is 10.6. The molecule has 0 aliphatic heterocycles. The van der Waals surface area contributed by atoms with Crippen LogP contribution in [0, 0.1) is 17.0 Å². The van der Waals surface area contributed by atoms with E-state index in [1.807, 2.05) is 6.92 Å². The number of rotatable bonds is 4. The highest BCUT2D eigenvalue weighted by Crippen LogP contribution is 2.29. The summed E-state index contributed by atoms with van der Waals surface area (Å²) in [5.41, 5.74) is 0.143. The predicted octanol–water partition coefficient (Wildman–Crippen LogP) is 0.762. The fourth-order valence-corrected chi connectivity index (χ4v) is 1.24. The molecule has 14 heavy (non-hydrogen) atoms. The highest BCUT2D eigenvalue weighted by molar-refractivity contribution is 5.45. The molecular weight excluding hydrogens is 188 g/mol. The summed E-state index contributed by atoms with van der Waals surface area (Å²) in [4.78, 5) is 14.6. The summed E-state index contributed by atoms with van der Waals surface area (Å²) >= 11 is 0. The van der Waals surface area contributed by atoms with Gasteiger partial charge in [-0.15, -0.1) is 0 Å². The first-order chi connectivity index (χ1) is 6.61. The van der Waals surface area contributed by atoms with Crippen LogP contribution in [0.2, 0.25) is 0 Å². The minimum atomic E-state index is -0.545. The summed E-state index contributed by atoms with van der Waals surface area (Å²) in [7, 11) is 0. The second-order valence-corrected chi connectivity index (χ2v) is 2.84. The molecule has 0 saturated heterocycles. The standard InChI is InChI=1S/C7H12N4O3/c1-3-4-10-7(14-8)6(11(12)13)5(2)9-10/h3-4,8H2,1-2H3. The molecule has 1 heterocycles. The lowest BCUT2D eigenvalue weighted by molar-refractivity contribution is -0.386. The van der Waals surface area contributed by atoms with Crippen LogP contribution < -0.4 is 10.7 Å². The Hall–Kier alpha value is -1.63. The van der Waals surface area contributed by atoms with Crippen LogP contribution in [0.15, 0.2) is 0 Å². The Kier molecular flexibility index (Phi) is 3.03. The van der Waals surface area contributed by atoms with E-state index < -0.39 is 4.92 Å². The van der Waals surface area contributed by atoms with Crippen molar-refractivity contribution >= 4 is 5.69 Å². The number of nitrogens with zero attached hydrogens (tertiary/aromatic N) is 3. The lowest BCUT2D eigenvalue weighted by Crippen LogP contribution is -2.10. The highest BCUT2D eigenvalue weighted by atomic mass is 16.6. The molecule has 0 aliphatic rings. The highest BCUT2D eigenvalue weighted by Gasteiger charge is 2.26. The van der Waals surface area contributed by atoms with Gasteiger partial charge in [-0.05, 0) is 13.3 Å². The van der Waals surface area contributed by atoms with Gasteiger partial charge in [-0.3, -0.25) is 10.1 Å². The first-order valence-electron chi connectivity index (χ1n) is 4.20. The zero-order chi connectivity index (χ0) is 10.7. The van der Waals surface area contributed by atoms with Gasteiger partial charge in [-0.1, -0.05) is 6.92 Å². The van der Waals surface area contributed by atoms with Gasteiger partial charge in [0.05, 0.1) is 4.92 Å². The first-order valence-corrected chi connectivity index (χ1v) is 4.20. The summed E-state index contributed by atoms with van der Waals surface area (Å²) in [6.07, 6.45) is 0.800. The van der Waals surface area contributed by atoms with Crippen LogP contribution in [-0.2, 0) is 6.54 Å². The lowest BCUT2D eigenvalue weighted by atomic mass is 10.4. The third-order valence-electron chi connectivity index (χ3n) is 1.78. The van der Waals surface area contributed by atoms with Gasteiger partial charge in [0.15, 0.2) is 0 Å². The third-order valence-corrected chi connectivity index (χ3v) is 1.78. The van der Waals surface area contributed by atoms with Crippen LogP contribution >= 0.6 is 0 Å². The molecule has 0 radical (unpaired) electrons. The van der Waals surface area contributed by atoms with Gasteiger partial charge in [0, 0.05) is 6.54 Å². The molecule has 0 bridgehead atoms. The Labute approximate surface area is 80.6 Å². The predicted molar refractivity (Wildman–Crippen MR) is 48.7 cm³/mol. The quantitative estimate of drug-likeness (QED) is 0.571. The molecule has 1 aromatic heterocycles. The summed E-state index contributed by atoms with van der Waals surface area (Å²) in [6, 6.07) is 0. The number of hydrogen-bond donors (Lipinski definition) is 1. The monoisotopic (exact) mass is 200 g/mol. The summed E-state index contributed by atoms with van der Waals surface area (Å²) in [6.45, 7) is 4.02. The van der Waals surface area contributed by atoms with Crippen LogP contribution in [-0.4, -0.2) is 14.7 Å². The molecule has 78 valence electrons. The average molecular weight is 200 g/mol. The van der Waals surface area contributed by atoms with Crippen molar-refractivity contribution in [3.63, 3.8) is 0 Å². The Morgan fingerprint density at radius 1 is 1.71 bits per heavy atom. The molecule has 0 atom stereocenters. The van der Waals surface area contributed by atoms with Gasteiger partial charge in [0.1, 0.15) is 5.69 Å². The van der Waals surface area contributed by atoms with Gasteiger partial charge < -0.3 is 4.84 Å². The molecule has 0 saturated carbocycles. The molecule has 7 nitrogen and oxygen atoms in total. The number of aromatic nitrogens is 2. The smallest absolute Gasteiger partial charge is 0.355 e. The van der Waals surface area contributed by atoms with Crippen LogP contribution in [0.4, 0.5) is 5.69 Å². The van der Waals surface area contributed by atoms with Crippen molar-refractivity contribution in [2.75, 3.05) is 0 Å². The van der Waals surface area contributed by atoms with Gasteiger partial charge >= 0.3 is 11.6 Å². The van der Waals surface area contributed by atoms with E-state index in [-0.39, 0.29) is 11.6 Å². The van der Waals surface area contributed by atoms with Crippen LogP contribution in [0.1, 0.15) is 19.0 Å². The van der Waals surface area contributed by atoms with Crippen LogP contribution in [0.3, 0.4) is 0 Å². The summed E-state index contributed by atoms with van der Waals surface area (Å²) in [5, 5.41) is 14.6. The van der Waals surface area contributed by atoms with Gasteiger partial charge in [-0.25, -0.2) is 4.68 Å². The van der Waals surface area contributed by atoms with Crippen molar-refractivity contribution < 1.29 is 9.76 Å². The van der Waals surface area contributed by atoms with Crippen molar-refractivity contribution in [3.05, 3.63) is 15.8 Å². The second-order valence-electron chi connectivity index (χ2n) is 2.84. The molecule has 0 fully saturated rings. The Morgan fingerprint density at radius 3 is 2.79 bits per heavy atom. The van der Waals surface area contributed by atoms with E-state index in [2.05, 4.69) is 9.94 Å². The van der Waals surface area contributed by atoms with Crippen LogP contribution in [0.25, 0.3) is 0 Å². The van der Waals surface area contributed by atoms with E-state index in [1.165, 1.54) is 4.68 Å². The van der Waals surface area contributed by atoms with Gasteiger partial charge in [-0.2, -0.15) is 11.0 Å².